The van der Waals surface area contributed by atoms with Crippen LogP contribution in [-0.2, 0) is 6.42 Å². The molecule has 30 heavy (non-hydrogen) atoms. The van der Waals surface area contributed by atoms with Gasteiger partial charge in [-0.2, -0.15) is 0 Å². The van der Waals surface area contributed by atoms with Gasteiger partial charge in [0, 0.05) is 35.9 Å². The minimum absolute atomic E-state index is 0. The molecule has 9 heteroatoms. The first-order valence-corrected chi connectivity index (χ1v) is 9.89. The maximum absolute atomic E-state index is 12.4. The third kappa shape index (κ3) is 3.11. The Bertz CT molecular complexity index is 1070. The van der Waals surface area contributed by atoms with Crippen LogP contribution in [0.15, 0.2) is 23.0 Å². The lowest BCUT2D eigenvalue weighted by Crippen LogP contribution is -2.28. The fourth-order valence-electron chi connectivity index (χ4n) is 4.99. The van der Waals surface area contributed by atoms with Gasteiger partial charge in [0.2, 0.25) is 5.75 Å². The molecule has 1 aromatic carbocycles. The van der Waals surface area contributed by atoms with Gasteiger partial charge in [-0.05, 0) is 48.3 Å². The van der Waals surface area contributed by atoms with Crippen molar-refractivity contribution in [3.05, 3.63) is 39.7 Å². The number of nitrogens with two attached hydrogens (primary N) is 1. The highest BCUT2D eigenvalue weighted by molar-refractivity contribution is 5.85. The summed E-state index contributed by atoms with van der Waals surface area (Å²) < 4.78 is 4.53. The maximum Gasteiger partial charge on any atom is 0.511 e. The molecule has 2 aliphatic carbocycles. The standard InChI is InChI=1S/C21H23N3O5.ClH/c1-9-2-3-10-6-11(24-7-13-14(8-24)16(13)22)4-5-12(10)17-15(9)18(25)19(20(26)23-17)29-21(27)28;/h4-6,9,13-14,16H,2-3,7-8,22H2,1H3,(H,27,28)(H2,23,25,26);1H/t9?,13-,14+,16?;. The quantitative estimate of drug-likeness (QED) is 0.536. The number of aromatic nitrogens is 1. The molecule has 2 aromatic rings. The first-order chi connectivity index (χ1) is 13.8. The van der Waals surface area contributed by atoms with Crippen molar-refractivity contribution in [1.82, 2.24) is 4.98 Å². The summed E-state index contributed by atoms with van der Waals surface area (Å²) in [5, 5.41) is 19.5. The lowest BCUT2D eigenvalue weighted by Gasteiger charge is -2.23. The van der Waals surface area contributed by atoms with Crippen LogP contribution in [0, 0.1) is 11.8 Å². The molecule has 1 saturated heterocycles. The van der Waals surface area contributed by atoms with Crippen LogP contribution in [-0.4, -0.2) is 40.5 Å². The Morgan fingerprint density at radius 3 is 2.67 bits per heavy atom. The van der Waals surface area contributed by atoms with Crippen molar-refractivity contribution in [2.24, 2.45) is 17.6 Å². The van der Waals surface area contributed by atoms with Crippen molar-refractivity contribution in [2.45, 2.75) is 31.7 Å². The van der Waals surface area contributed by atoms with Crippen molar-refractivity contribution in [3.63, 3.8) is 0 Å². The van der Waals surface area contributed by atoms with Crippen LogP contribution in [0.1, 0.15) is 30.4 Å². The molecule has 1 aromatic heterocycles. The number of fused-ring (bicyclic) bond motifs is 4. The summed E-state index contributed by atoms with van der Waals surface area (Å²) in [7, 11) is 0. The number of aryl methyl sites for hydroxylation is 1. The summed E-state index contributed by atoms with van der Waals surface area (Å²) in [6.45, 7) is 3.90. The van der Waals surface area contributed by atoms with E-state index in [1.165, 1.54) is 0 Å². The second-order valence-corrected chi connectivity index (χ2v) is 8.38. The number of H-pyrrole nitrogens is 1. The van der Waals surface area contributed by atoms with E-state index in [-0.39, 0.29) is 18.3 Å². The summed E-state index contributed by atoms with van der Waals surface area (Å²) in [5.74, 6) is 0.136. The Balaban J connectivity index is 0.00000218. The predicted octanol–water partition coefficient (Wildman–Crippen LogP) is 2.67. The summed E-state index contributed by atoms with van der Waals surface area (Å²) in [6.07, 6.45) is -0.0953. The second-order valence-electron chi connectivity index (χ2n) is 8.38. The molecule has 8 nitrogen and oxygen atoms in total. The highest BCUT2D eigenvalue weighted by Crippen LogP contribution is 2.47. The molecule has 0 radical (unpaired) electrons. The lowest BCUT2D eigenvalue weighted by atomic mass is 9.95. The predicted molar refractivity (Wildman–Crippen MR) is 114 cm³/mol. The largest absolute Gasteiger partial charge is 0.511 e. The number of carbonyl (C=O) groups is 1. The number of nitrogens with zero attached hydrogens (tertiary/aromatic N) is 1. The van der Waals surface area contributed by atoms with Gasteiger partial charge in [0.05, 0.1) is 5.69 Å². The van der Waals surface area contributed by atoms with Crippen LogP contribution < -0.4 is 20.9 Å². The zero-order valence-electron chi connectivity index (χ0n) is 16.4. The highest BCUT2D eigenvalue weighted by Gasteiger charge is 2.53. The molecule has 160 valence electrons. The molecule has 5 rings (SSSR count). The van der Waals surface area contributed by atoms with Crippen molar-refractivity contribution < 1.29 is 19.7 Å². The number of aromatic hydroxyl groups is 1. The average Bonchev–Trinajstić information content (AvgIpc) is 3.11. The van der Waals surface area contributed by atoms with E-state index in [9.17, 15) is 14.7 Å². The topological polar surface area (TPSA) is 129 Å². The molecule has 5 N–H and O–H groups in total. The average molecular weight is 434 g/mol. The van der Waals surface area contributed by atoms with Gasteiger partial charge in [0.25, 0.3) is 5.56 Å². The van der Waals surface area contributed by atoms with E-state index in [0.717, 1.165) is 42.7 Å². The maximum atomic E-state index is 12.4. The van der Waals surface area contributed by atoms with E-state index in [1.807, 2.05) is 19.1 Å². The number of ether oxygens (including phenoxy) is 1. The monoisotopic (exact) mass is 433 g/mol. The minimum Gasteiger partial charge on any atom is -0.504 e. The Labute approximate surface area is 179 Å². The number of halogens is 1. The second kappa shape index (κ2) is 7.21. The van der Waals surface area contributed by atoms with Crippen LogP contribution in [0.5, 0.6) is 11.5 Å². The summed E-state index contributed by atoms with van der Waals surface area (Å²) >= 11 is 0. The van der Waals surface area contributed by atoms with Crippen LogP contribution >= 0.6 is 12.4 Å². The zero-order chi connectivity index (χ0) is 20.4. The van der Waals surface area contributed by atoms with Crippen molar-refractivity contribution in [2.75, 3.05) is 18.0 Å². The van der Waals surface area contributed by atoms with Crippen LogP contribution in [0.3, 0.4) is 0 Å². The van der Waals surface area contributed by atoms with Gasteiger partial charge in [-0.1, -0.05) is 13.0 Å². The molecule has 0 amide bonds. The van der Waals surface area contributed by atoms with E-state index in [0.29, 0.717) is 29.1 Å². The SMILES string of the molecule is CC1CCc2cc(N3C[C@@H]4C(N)[C@@H]4C3)ccc2-c2[nH]c(=O)c(OC(=O)O)c(O)c21.Cl. The van der Waals surface area contributed by atoms with E-state index in [1.54, 1.807) is 0 Å². The van der Waals surface area contributed by atoms with E-state index in [2.05, 4.69) is 20.7 Å². The van der Waals surface area contributed by atoms with Gasteiger partial charge in [-0.25, -0.2) is 4.79 Å². The molecule has 4 atom stereocenters. The van der Waals surface area contributed by atoms with Crippen molar-refractivity contribution in [1.29, 1.82) is 0 Å². The summed E-state index contributed by atoms with van der Waals surface area (Å²) in [5.41, 5.74) is 9.43. The molecule has 2 fully saturated rings. The van der Waals surface area contributed by atoms with Crippen LogP contribution in [0.25, 0.3) is 11.3 Å². The van der Waals surface area contributed by atoms with Gasteiger partial charge in [0.15, 0.2) is 5.75 Å². The number of nitrogens with one attached hydrogen (secondary N) is 1. The third-order valence-electron chi connectivity index (χ3n) is 6.70. The first-order valence-electron chi connectivity index (χ1n) is 9.89. The van der Waals surface area contributed by atoms with Gasteiger partial charge >= 0.3 is 6.16 Å². The fraction of sp³-hybridized carbons (Fsp3) is 0.429. The van der Waals surface area contributed by atoms with Gasteiger partial charge in [-0.3, -0.25) is 4.79 Å². The summed E-state index contributed by atoms with van der Waals surface area (Å²) in [6, 6.07) is 6.50. The molecular weight excluding hydrogens is 410 g/mol. The Morgan fingerprint density at radius 1 is 1.30 bits per heavy atom. The highest BCUT2D eigenvalue weighted by atomic mass is 35.5. The number of hydrogen-bond donors (Lipinski definition) is 4. The van der Waals surface area contributed by atoms with Gasteiger partial charge < -0.3 is 30.6 Å². The normalized spacial score (nSPS) is 26.0. The molecule has 2 heterocycles. The Hall–Kier alpha value is -2.71. The number of piperidine rings is 1. The molecule has 0 spiro atoms. The zero-order valence-corrected chi connectivity index (χ0v) is 17.2. The van der Waals surface area contributed by atoms with E-state index in [4.69, 9.17) is 10.8 Å². The number of hydrogen-bond acceptors (Lipinski definition) is 6. The molecule has 0 bridgehead atoms. The Kier molecular flexibility index (Phi) is 4.94. The molecule has 3 aliphatic rings. The number of rotatable bonds is 2. The van der Waals surface area contributed by atoms with E-state index < -0.39 is 23.2 Å². The van der Waals surface area contributed by atoms with Crippen molar-refractivity contribution >= 4 is 24.2 Å². The molecule has 1 aliphatic heterocycles. The van der Waals surface area contributed by atoms with E-state index >= 15 is 0 Å². The van der Waals surface area contributed by atoms with Crippen LogP contribution in [0.4, 0.5) is 10.5 Å². The van der Waals surface area contributed by atoms with Crippen LogP contribution in [0.2, 0.25) is 0 Å². The van der Waals surface area contributed by atoms with Gasteiger partial charge in [-0.15, -0.1) is 12.4 Å². The molecule has 2 unspecified atom stereocenters. The third-order valence-corrected chi connectivity index (χ3v) is 6.70. The van der Waals surface area contributed by atoms with Crippen molar-refractivity contribution in [3.8, 4) is 22.8 Å². The molecule has 1 saturated carbocycles. The number of aromatic amines is 1. The first kappa shape index (κ1) is 20.6. The Morgan fingerprint density at radius 2 is 2.00 bits per heavy atom. The number of anilines is 1. The fourth-order valence-corrected chi connectivity index (χ4v) is 4.99. The molecular formula is C21H24ClN3O5. The summed E-state index contributed by atoms with van der Waals surface area (Å²) in [4.78, 5) is 28.4. The smallest absolute Gasteiger partial charge is 0.504 e. The number of pyridine rings is 1. The number of benzene rings is 1. The van der Waals surface area contributed by atoms with Gasteiger partial charge in [0.1, 0.15) is 0 Å². The number of carboxylic acid groups (broad SMARTS) is 1. The lowest BCUT2D eigenvalue weighted by molar-refractivity contribution is 0.142. The minimum atomic E-state index is -1.64.